The van der Waals surface area contributed by atoms with Crippen LogP contribution in [0.4, 0.5) is 0 Å². The molecule has 0 saturated heterocycles. The normalized spacial score (nSPS) is 10.4. The van der Waals surface area contributed by atoms with E-state index in [1.807, 2.05) is 0 Å². The lowest BCUT2D eigenvalue weighted by molar-refractivity contribution is 1.24. The lowest BCUT2D eigenvalue weighted by Gasteiger charge is -2.09. The SMILES string of the molecule is [O-][N+]#Cc1ccc(C(Cl)(Cl)Cl)cc1. The maximum atomic E-state index is 9.82. The number of alkyl halides is 3. The zero-order valence-corrected chi connectivity index (χ0v) is 8.57. The van der Waals surface area contributed by atoms with Gasteiger partial charge in [0.2, 0.25) is 3.79 Å². The fraction of sp³-hybridized carbons (Fsp3) is 0.125. The van der Waals surface area contributed by atoms with Crippen LogP contribution in [0.3, 0.4) is 0 Å². The van der Waals surface area contributed by atoms with E-state index < -0.39 is 3.79 Å². The summed E-state index contributed by atoms with van der Waals surface area (Å²) in [5.41, 5.74) is 1.09. The Morgan fingerprint density at radius 3 is 2.08 bits per heavy atom. The van der Waals surface area contributed by atoms with Crippen LogP contribution in [0.5, 0.6) is 0 Å². The molecule has 0 saturated carbocycles. The van der Waals surface area contributed by atoms with E-state index in [0.29, 0.717) is 11.1 Å². The molecular weight excluding hydrogens is 232 g/mol. The molecule has 0 fully saturated rings. The summed E-state index contributed by atoms with van der Waals surface area (Å²) in [7, 11) is 0. The molecular formula is C8H4Cl3NO. The van der Waals surface area contributed by atoms with Crippen LogP contribution in [0.2, 0.25) is 0 Å². The monoisotopic (exact) mass is 235 g/mol. The molecule has 0 aliphatic carbocycles. The van der Waals surface area contributed by atoms with E-state index in [1.54, 1.807) is 24.3 Å². The highest BCUT2D eigenvalue weighted by Crippen LogP contribution is 2.37. The molecule has 1 aromatic rings. The van der Waals surface area contributed by atoms with Gasteiger partial charge >= 0.3 is 6.07 Å². The molecule has 0 bridgehead atoms. The molecule has 0 aliphatic heterocycles. The van der Waals surface area contributed by atoms with Gasteiger partial charge in [-0.05, 0) is 12.1 Å². The van der Waals surface area contributed by atoms with Gasteiger partial charge in [0.05, 0.1) is 0 Å². The minimum absolute atomic E-state index is 0.536. The van der Waals surface area contributed by atoms with Crippen LogP contribution in [0.25, 0.3) is 5.01 Å². The van der Waals surface area contributed by atoms with Crippen LogP contribution >= 0.6 is 34.8 Å². The zero-order chi connectivity index (χ0) is 9.90. The van der Waals surface area contributed by atoms with Gasteiger partial charge in [-0.15, -0.1) is 0 Å². The van der Waals surface area contributed by atoms with Crippen LogP contribution in [-0.2, 0) is 3.79 Å². The first-order valence-electron chi connectivity index (χ1n) is 3.29. The number of halogens is 3. The Kier molecular flexibility index (Phi) is 3.27. The van der Waals surface area contributed by atoms with Crippen LogP contribution < -0.4 is 0 Å². The molecule has 13 heavy (non-hydrogen) atoms. The van der Waals surface area contributed by atoms with Crippen molar-refractivity contribution in [2.75, 3.05) is 0 Å². The Labute approximate surface area is 90.4 Å². The standard InChI is InChI=1S/C8H4Cl3NO/c9-8(10,11)7-3-1-6(2-4-7)5-12-13/h1-4H. The van der Waals surface area contributed by atoms with Crippen molar-refractivity contribution < 1.29 is 0 Å². The second-order valence-electron chi connectivity index (χ2n) is 2.28. The molecule has 0 atom stereocenters. The van der Waals surface area contributed by atoms with Crippen LogP contribution in [0, 0.1) is 11.3 Å². The summed E-state index contributed by atoms with van der Waals surface area (Å²) in [6.07, 6.45) is 0. The summed E-state index contributed by atoms with van der Waals surface area (Å²) in [5.74, 6) is 0. The van der Waals surface area contributed by atoms with Crippen LogP contribution in [-0.4, -0.2) is 0 Å². The van der Waals surface area contributed by atoms with E-state index in [1.165, 1.54) is 0 Å². The van der Waals surface area contributed by atoms with Gasteiger partial charge in [-0.3, -0.25) is 0 Å². The molecule has 5 heteroatoms. The van der Waals surface area contributed by atoms with Crippen LogP contribution in [0.15, 0.2) is 24.3 Å². The fourth-order valence-corrected chi connectivity index (χ4v) is 1.16. The Bertz CT molecular complexity index is 344. The van der Waals surface area contributed by atoms with Crippen molar-refractivity contribution in [3.63, 3.8) is 0 Å². The van der Waals surface area contributed by atoms with E-state index in [4.69, 9.17) is 34.8 Å². The van der Waals surface area contributed by atoms with Gasteiger partial charge in [0.1, 0.15) is 5.56 Å². The van der Waals surface area contributed by atoms with Crippen molar-refractivity contribution in [2.45, 2.75) is 3.79 Å². The average molecular weight is 236 g/mol. The predicted molar refractivity (Wildman–Crippen MR) is 55.4 cm³/mol. The average Bonchev–Trinajstić information content (AvgIpc) is 2.04. The Morgan fingerprint density at radius 2 is 1.69 bits per heavy atom. The smallest absolute Gasteiger partial charge is 0.336 e. The molecule has 1 rings (SSSR count). The molecule has 0 unspecified atom stereocenters. The van der Waals surface area contributed by atoms with Gasteiger partial charge in [-0.2, -0.15) is 0 Å². The van der Waals surface area contributed by atoms with Crippen molar-refractivity contribution in [2.24, 2.45) is 0 Å². The van der Waals surface area contributed by atoms with E-state index >= 15 is 0 Å². The molecule has 0 radical (unpaired) electrons. The highest BCUT2D eigenvalue weighted by Gasteiger charge is 2.22. The molecule has 2 nitrogen and oxygen atoms in total. The Hall–Kier alpha value is -0.620. The van der Waals surface area contributed by atoms with Gasteiger partial charge < -0.3 is 5.21 Å². The highest BCUT2D eigenvalue weighted by atomic mass is 35.6. The summed E-state index contributed by atoms with van der Waals surface area (Å²) < 4.78 is -1.44. The fourth-order valence-electron chi connectivity index (χ4n) is 0.786. The Balaban J connectivity index is 2.98. The van der Waals surface area contributed by atoms with E-state index in [0.717, 1.165) is 0 Å². The van der Waals surface area contributed by atoms with Gasteiger partial charge in [0, 0.05) is 10.6 Å². The zero-order valence-electron chi connectivity index (χ0n) is 6.30. The quantitative estimate of drug-likeness (QED) is 0.498. The van der Waals surface area contributed by atoms with E-state index in [9.17, 15) is 5.21 Å². The summed E-state index contributed by atoms with van der Waals surface area (Å²) in [4.78, 5) is 0. The van der Waals surface area contributed by atoms with Gasteiger partial charge in [-0.1, -0.05) is 46.9 Å². The largest absolute Gasteiger partial charge is 0.498 e. The number of hydrogen-bond donors (Lipinski definition) is 0. The third kappa shape index (κ3) is 2.96. The minimum atomic E-state index is -1.44. The first-order valence-corrected chi connectivity index (χ1v) is 4.43. The molecule has 0 heterocycles. The van der Waals surface area contributed by atoms with Gasteiger partial charge in [0.25, 0.3) is 0 Å². The molecule has 0 spiro atoms. The predicted octanol–water partition coefficient (Wildman–Crippen LogP) is 3.69. The summed E-state index contributed by atoms with van der Waals surface area (Å²) >= 11 is 16.8. The van der Waals surface area contributed by atoms with Crippen molar-refractivity contribution in [1.82, 2.24) is 0 Å². The maximum absolute atomic E-state index is 9.82. The molecule has 0 N–H and O–H groups in total. The van der Waals surface area contributed by atoms with Crippen molar-refractivity contribution in [3.05, 3.63) is 45.6 Å². The first kappa shape index (κ1) is 10.5. The second kappa shape index (κ2) is 4.06. The van der Waals surface area contributed by atoms with E-state index in [-0.39, 0.29) is 0 Å². The first-order chi connectivity index (χ1) is 6.04. The lowest BCUT2D eigenvalue weighted by Crippen LogP contribution is -1.98. The maximum Gasteiger partial charge on any atom is 0.336 e. The molecule has 0 aromatic heterocycles. The summed E-state index contributed by atoms with van der Waals surface area (Å²) in [6.45, 7) is 0. The van der Waals surface area contributed by atoms with E-state index in [2.05, 4.69) is 11.1 Å². The van der Waals surface area contributed by atoms with Crippen molar-refractivity contribution >= 4 is 34.8 Å². The molecule has 1 aromatic carbocycles. The number of hydrogen-bond acceptors (Lipinski definition) is 1. The third-order valence-corrected chi connectivity index (χ3v) is 2.04. The molecule has 0 aliphatic rings. The molecule has 68 valence electrons. The van der Waals surface area contributed by atoms with Crippen molar-refractivity contribution in [3.8, 4) is 6.07 Å². The van der Waals surface area contributed by atoms with Crippen molar-refractivity contribution in [1.29, 1.82) is 0 Å². The topological polar surface area (TPSA) is 27.4 Å². The number of benzene rings is 1. The number of nitrogens with zero attached hydrogens (tertiary/aromatic N) is 1. The lowest BCUT2D eigenvalue weighted by atomic mass is 10.2. The van der Waals surface area contributed by atoms with Crippen LogP contribution in [0.1, 0.15) is 11.1 Å². The summed E-state index contributed by atoms with van der Waals surface area (Å²) in [5, 5.41) is 12.3. The minimum Gasteiger partial charge on any atom is -0.498 e. The second-order valence-corrected chi connectivity index (χ2v) is 4.56. The van der Waals surface area contributed by atoms with Gasteiger partial charge in [-0.25, -0.2) is 0 Å². The van der Waals surface area contributed by atoms with Gasteiger partial charge in [0.15, 0.2) is 0 Å². The highest BCUT2D eigenvalue weighted by molar-refractivity contribution is 6.66. The Morgan fingerprint density at radius 1 is 1.15 bits per heavy atom. The number of rotatable bonds is 0. The molecule has 0 amide bonds. The third-order valence-electron chi connectivity index (χ3n) is 1.39. The summed E-state index contributed by atoms with van der Waals surface area (Å²) in [6, 6.07) is 8.61.